The number of nitrogens with one attached hydrogen (secondary N) is 1. The zero-order chi connectivity index (χ0) is 21.2. The van der Waals surface area contributed by atoms with Gasteiger partial charge in [-0.1, -0.05) is 6.08 Å². The molecule has 1 aliphatic heterocycles. The number of carbonyl (C=O) groups is 1. The molecule has 5 nitrogen and oxygen atoms in total. The number of hydrogen-bond donors (Lipinski definition) is 1. The van der Waals surface area contributed by atoms with E-state index >= 15 is 0 Å². The van der Waals surface area contributed by atoms with Crippen LogP contribution in [0.3, 0.4) is 0 Å². The van der Waals surface area contributed by atoms with Crippen molar-refractivity contribution in [3.8, 4) is 0 Å². The fourth-order valence-electron chi connectivity index (χ4n) is 2.78. The summed E-state index contributed by atoms with van der Waals surface area (Å²) in [6, 6.07) is 3.95. The number of aromatic nitrogens is 2. The summed E-state index contributed by atoms with van der Waals surface area (Å²) >= 11 is 0. The number of amides is 1. The van der Waals surface area contributed by atoms with Gasteiger partial charge in [0.1, 0.15) is 11.5 Å². The number of alkyl halides is 6. The summed E-state index contributed by atoms with van der Waals surface area (Å²) < 4.78 is 76.9. The molecule has 0 radical (unpaired) electrons. The lowest BCUT2D eigenvalue weighted by Gasteiger charge is -2.29. The van der Waals surface area contributed by atoms with Crippen molar-refractivity contribution < 1.29 is 31.1 Å². The Morgan fingerprint density at radius 1 is 1.03 bits per heavy atom. The zero-order valence-electron chi connectivity index (χ0n) is 14.7. The summed E-state index contributed by atoms with van der Waals surface area (Å²) in [4.78, 5) is 20.7. The molecule has 29 heavy (non-hydrogen) atoms. The smallest absolute Gasteiger partial charge is 0.352 e. The minimum absolute atomic E-state index is 0.0358. The van der Waals surface area contributed by atoms with Gasteiger partial charge in [0.2, 0.25) is 0 Å². The molecular formula is C18H14F6N4O. The Labute approximate surface area is 161 Å². The fourth-order valence-corrected chi connectivity index (χ4v) is 2.78. The summed E-state index contributed by atoms with van der Waals surface area (Å²) in [5, 5.41) is 2.43. The third-order valence-electron chi connectivity index (χ3n) is 4.20. The molecule has 0 atom stereocenters. The van der Waals surface area contributed by atoms with Crippen molar-refractivity contribution >= 4 is 17.4 Å². The van der Waals surface area contributed by atoms with Gasteiger partial charge in [-0.05, 0) is 30.7 Å². The molecule has 2 aromatic rings. The minimum atomic E-state index is -4.58. The molecule has 3 heterocycles. The highest BCUT2D eigenvalue weighted by molar-refractivity contribution is 6.03. The third-order valence-corrected chi connectivity index (χ3v) is 4.20. The molecule has 3 rings (SSSR count). The van der Waals surface area contributed by atoms with Gasteiger partial charge in [-0.25, -0.2) is 9.97 Å². The normalized spacial score (nSPS) is 15.1. The average Bonchev–Trinajstić information content (AvgIpc) is 2.67. The lowest BCUT2D eigenvalue weighted by molar-refractivity contribution is -0.141. The lowest BCUT2D eigenvalue weighted by atomic mass is 10.1. The Bertz CT molecular complexity index is 921. The van der Waals surface area contributed by atoms with Crippen LogP contribution < -0.4 is 10.2 Å². The molecule has 0 aromatic carbocycles. The van der Waals surface area contributed by atoms with Crippen LogP contribution in [-0.2, 0) is 17.1 Å². The predicted octanol–water partition coefficient (Wildman–Crippen LogP) is 4.29. The lowest BCUT2D eigenvalue weighted by Crippen LogP contribution is -2.33. The SMILES string of the molecule is O=C(Nc1ccc(C(F)(F)F)nc1)C1=CCN(c2ncccc2C(F)(F)F)CC1. The first-order valence-electron chi connectivity index (χ1n) is 8.36. The van der Waals surface area contributed by atoms with Crippen molar-refractivity contribution in [3.05, 3.63) is 59.6 Å². The molecule has 1 amide bonds. The number of halogens is 6. The summed E-state index contributed by atoms with van der Waals surface area (Å²) in [6.07, 6.45) is -5.38. The van der Waals surface area contributed by atoms with Gasteiger partial charge in [0.15, 0.2) is 0 Å². The Balaban J connectivity index is 1.68. The molecule has 0 fully saturated rings. The molecule has 0 saturated carbocycles. The van der Waals surface area contributed by atoms with E-state index in [1.54, 1.807) is 0 Å². The number of rotatable bonds is 3. The van der Waals surface area contributed by atoms with E-state index in [2.05, 4.69) is 15.3 Å². The van der Waals surface area contributed by atoms with Crippen molar-refractivity contribution in [1.29, 1.82) is 0 Å². The Morgan fingerprint density at radius 3 is 2.34 bits per heavy atom. The third kappa shape index (κ3) is 4.84. The van der Waals surface area contributed by atoms with E-state index in [9.17, 15) is 31.1 Å². The molecule has 1 aliphatic rings. The van der Waals surface area contributed by atoms with Crippen molar-refractivity contribution in [1.82, 2.24) is 9.97 Å². The molecular weight excluding hydrogens is 402 g/mol. The van der Waals surface area contributed by atoms with Gasteiger partial charge in [-0.2, -0.15) is 26.3 Å². The standard InChI is InChI=1S/C18H14F6N4O/c19-17(20,21)13-2-1-7-25-15(13)28-8-5-11(6-9-28)16(29)27-12-3-4-14(26-10-12)18(22,23)24/h1-5,7,10H,6,8-9H2,(H,27,29). The van der Waals surface area contributed by atoms with Crippen LogP contribution in [0.5, 0.6) is 0 Å². The first kappa shape index (κ1) is 20.6. The largest absolute Gasteiger partial charge is 0.433 e. The molecule has 2 aromatic heterocycles. The Kier molecular flexibility index (Phi) is 5.49. The number of pyridine rings is 2. The average molecular weight is 416 g/mol. The molecule has 154 valence electrons. The Hall–Kier alpha value is -3.11. The van der Waals surface area contributed by atoms with Gasteiger partial charge in [-0.3, -0.25) is 4.79 Å². The fraction of sp³-hybridized carbons (Fsp3) is 0.278. The predicted molar refractivity (Wildman–Crippen MR) is 92.0 cm³/mol. The van der Waals surface area contributed by atoms with Crippen LogP contribution in [0.1, 0.15) is 17.7 Å². The minimum Gasteiger partial charge on any atom is -0.352 e. The quantitative estimate of drug-likeness (QED) is 0.759. The van der Waals surface area contributed by atoms with E-state index in [1.165, 1.54) is 23.2 Å². The highest BCUT2D eigenvalue weighted by Crippen LogP contribution is 2.36. The molecule has 0 saturated heterocycles. The van der Waals surface area contributed by atoms with Crippen LogP contribution in [0.2, 0.25) is 0 Å². The van der Waals surface area contributed by atoms with E-state index in [0.29, 0.717) is 5.57 Å². The van der Waals surface area contributed by atoms with Crippen LogP contribution in [0.4, 0.5) is 37.8 Å². The van der Waals surface area contributed by atoms with Crippen molar-refractivity contribution in [3.63, 3.8) is 0 Å². The maximum atomic E-state index is 13.1. The highest BCUT2D eigenvalue weighted by atomic mass is 19.4. The first-order chi connectivity index (χ1) is 13.6. The van der Waals surface area contributed by atoms with Gasteiger partial charge >= 0.3 is 12.4 Å². The number of anilines is 2. The van der Waals surface area contributed by atoms with Crippen LogP contribution in [0.25, 0.3) is 0 Å². The second kappa shape index (κ2) is 7.72. The van der Waals surface area contributed by atoms with Crippen LogP contribution in [0.15, 0.2) is 48.3 Å². The number of carbonyl (C=O) groups excluding carboxylic acids is 1. The second-order valence-electron chi connectivity index (χ2n) is 6.18. The molecule has 0 spiro atoms. The van der Waals surface area contributed by atoms with Crippen LogP contribution in [-0.4, -0.2) is 29.0 Å². The number of nitrogens with zero attached hydrogens (tertiary/aromatic N) is 3. The van der Waals surface area contributed by atoms with Gasteiger partial charge < -0.3 is 10.2 Å². The van der Waals surface area contributed by atoms with E-state index in [1.807, 2.05) is 0 Å². The summed E-state index contributed by atoms with van der Waals surface area (Å²) in [5.41, 5.74) is -1.56. The maximum absolute atomic E-state index is 13.1. The van der Waals surface area contributed by atoms with Gasteiger partial charge in [0.25, 0.3) is 5.91 Å². The molecule has 1 N–H and O–H groups in total. The zero-order valence-corrected chi connectivity index (χ0v) is 14.7. The van der Waals surface area contributed by atoms with Crippen molar-refractivity contribution in [2.24, 2.45) is 0 Å². The first-order valence-corrected chi connectivity index (χ1v) is 8.36. The Morgan fingerprint density at radius 2 is 1.79 bits per heavy atom. The molecule has 0 bridgehead atoms. The second-order valence-corrected chi connectivity index (χ2v) is 6.18. The van der Waals surface area contributed by atoms with Gasteiger partial charge in [0.05, 0.1) is 17.4 Å². The number of hydrogen-bond acceptors (Lipinski definition) is 4. The van der Waals surface area contributed by atoms with Gasteiger partial charge in [0, 0.05) is 24.9 Å². The molecule has 11 heteroatoms. The van der Waals surface area contributed by atoms with Gasteiger partial charge in [-0.15, -0.1) is 0 Å². The topological polar surface area (TPSA) is 58.1 Å². The van der Waals surface area contributed by atoms with Crippen molar-refractivity contribution in [2.45, 2.75) is 18.8 Å². The van der Waals surface area contributed by atoms with E-state index < -0.39 is 29.5 Å². The van der Waals surface area contributed by atoms with E-state index in [0.717, 1.165) is 24.4 Å². The van der Waals surface area contributed by atoms with E-state index in [4.69, 9.17) is 0 Å². The van der Waals surface area contributed by atoms with Crippen LogP contribution in [0, 0.1) is 0 Å². The molecule has 0 unspecified atom stereocenters. The maximum Gasteiger partial charge on any atom is 0.433 e. The summed E-state index contributed by atoms with van der Waals surface area (Å²) in [5.74, 6) is -0.772. The van der Waals surface area contributed by atoms with Crippen LogP contribution >= 0.6 is 0 Å². The summed E-state index contributed by atoms with van der Waals surface area (Å²) in [7, 11) is 0. The van der Waals surface area contributed by atoms with E-state index in [-0.39, 0.29) is 31.0 Å². The summed E-state index contributed by atoms with van der Waals surface area (Å²) in [6.45, 7) is 0.165. The highest BCUT2D eigenvalue weighted by Gasteiger charge is 2.36. The monoisotopic (exact) mass is 416 g/mol. The van der Waals surface area contributed by atoms with Crippen molar-refractivity contribution in [2.75, 3.05) is 23.3 Å². The molecule has 0 aliphatic carbocycles.